The van der Waals surface area contributed by atoms with E-state index < -0.39 is 9.84 Å². The van der Waals surface area contributed by atoms with Crippen LogP contribution in [0.3, 0.4) is 0 Å². The van der Waals surface area contributed by atoms with Crippen LogP contribution < -0.4 is 0 Å². The van der Waals surface area contributed by atoms with Gasteiger partial charge in [0.2, 0.25) is 0 Å². The quantitative estimate of drug-likeness (QED) is 0.847. The van der Waals surface area contributed by atoms with E-state index in [9.17, 15) is 8.42 Å². The van der Waals surface area contributed by atoms with Crippen LogP contribution in [0, 0.1) is 0 Å². The molecule has 0 atom stereocenters. The first-order valence-corrected chi connectivity index (χ1v) is 8.53. The van der Waals surface area contributed by atoms with E-state index in [0.29, 0.717) is 14.9 Å². The molecule has 0 radical (unpaired) electrons. The van der Waals surface area contributed by atoms with E-state index in [1.165, 1.54) is 11.3 Å². The lowest BCUT2D eigenvalue weighted by molar-refractivity contribution is 0.595. The summed E-state index contributed by atoms with van der Waals surface area (Å²) in [7, 11) is -3.20. The molecule has 2 rings (SSSR count). The predicted octanol–water partition coefficient (Wildman–Crippen LogP) is 4.17. The second-order valence-corrected chi connectivity index (χ2v) is 8.17. The Kier molecular flexibility index (Phi) is 4.33. The van der Waals surface area contributed by atoms with Crippen molar-refractivity contribution in [2.75, 3.05) is 0 Å². The third-order valence-corrected chi connectivity index (χ3v) is 5.44. The van der Waals surface area contributed by atoms with Crippen molar-refractivity contribution in [3.63, 3.8) is 0 Å². The van der Waals surface area contributed by atoms with Gasteiger partial charge >= 0.3 is 0 Å². The maximum atomic E-state index is 12.0. The average molecular weight is 321 g/mol. The van der Waals surface area contributed by atoms with Gasteiger partial charge in [-0.25, -0.2) is 8.42 Å². The van der Waals surface area contributed by atoms with Crippen molar-refractivity contribution in [3.8, 4) is 0 Å². The molecule has 6 heteroatoms. The van der Waals surface area contributed by atoms with Gasteiger partial charge in [0.05, 0.1) is 15.8 Å². The predicted molar refractivity (Wildman–Crippen MR) is 77.1 cm³/mol. The van der Waals surface area contributed by atoms with E-state index in [4.69, 9.17) is 23.2 Å². The standard InChI is InChI=1S/C12H10Cl2O2S2/c13-10-3-1-2-9(6-10)7-18(15,16)8-11-4-5-12(14)17-11/h1-6H,7-8H2. The Morgan fingerprint density at radius 3 is 2.44 bits per heavy atom. The van der Waals surface area contributed by atoms with Crippen LogP contribution in [0.15, 0.2) is 36.4 Å². The molecule has 1 aromatic heterocycles. The lowest BCUT2D eigenvalue weighted by atomic mass is 10.2. The Morgan fingerprint density at radius 2 is 1.83 bits per heavy atom. The highest BCUT2D eigenvalue weighted by atomic mass is 35.5. The second-order valence-electron chi connectivity index (χ2n) is 3.87. The van der Waals surface area contributed by atoms with Crippen molar-refractivity contribution in [2.45, 2.75) is 11.5 Å². The summed E-state index contributed by atoms with van der Waals surface area (Å²) in [6, 6.07) is 10.3. The zero-order valence-corrected chi connectivity index (χ0v) is 12.4. The van der Waals surface area contributed by atoms with Crippen LogP contribution in [0.1, 0.15) is 10.4 Å². The zero-order valence-electron chi connectivity index (χ0n) is 9.27. The van der Waals surface area contributed by atoms with Crippen molar-refractivity contribution >= 4 is 44.4 Å². The number of sulfone groups is 1. The molecule has 0 N–H and O–H groups in total. The summed E-state index contributed by atoms with van der Waals surface area (Å²) in [5.74, 6) is -0.0000208. The Balaban J connectivity index is 2.12. The van der Waals surface area contributed by atoms with E-state index in [2.05, 4.69) is 0 Å². The second kappa shape index (κ2) is 5.61. The summed E-state index contributed by atoms with van der Waals surface area (Å²) < 4.78 is 24.6. The molecule has 0 aliphatic carbocycles. The van der Waals surface area contributed by atoms with Crippen LogP contribution in [0.25, 0.3) is 0 Å². The number of thiophene rings is 1. The lowest BCUT2D eigenvalue weighted by Gasteiger charge is -2.03. The van der Waals surface area contributed by atoms with Gasteiger partial charge in [-0.1, -0.05) is 35.3 Å². The van der Waals surface area contributed by atoms with Gasteiger partial charge < -0.3 is 0 Å². The van der Waals surface area contributed by atoms with E-state index in [1.807, 2.05) is 0 Å². The Hall–Kier alpha value is -0.550. The highest BCUT2D eigenvalue weighted by molar-refractivity contribution is 7.90. The summed E-state index contributed by atoms with van der Waals surface area (Å²) in [4.78, 5) is 0.752. The minimum Gasteiger partial charge on any atom is -0.228 e. The van der Waals surface area contributed by atoms with Crippen LogP contribution >= 0.6 is 34.5 Å². The molecule has 0 spiro atoms. The molecule has 0 bridgehead atoms. The van der Waals surface area contributed by atoms with E-state index in [1.54, 1.807) is 36.4 Å². The molecule has 2 aromatic rings. The SMILES string of the molecule is O=S(=O)(Cc1cccc(Cl)c1)Cc1ccc(Cl)s1. The molecule has 0 saturated carbocycles. The number of hydrogen-bond acceptors (Lipinski definition) is 3. The molecule has 0 unspecified atom stereocenters. The Bertz CT molecular complexity index is 648. The van der Waals surface area contributed by atoms with Gasteiger partial charge in [0.25, 0.3) is 0 Å². The van der Waals surface area contributed by atoms with Crippen LogP contribution in [-0.4, -0.2) is 8.42 Å². The van der Waals surface area contributed by atoms with Crippen LogP contribution in [0.4, 0.5) is 0 Å². The number of halogens is 2. The first-order valence-electron chi connectivity index (χ1n) is 5.14. The maximum Gasteiger partial charge on any atom is 0.159 e. The fourth-order valence-electron chi connectivity index (χ4n) is 1.58. The summed E-state index contributed by atoms with van der Waals surface area (Å²) >= 11 is 12.9. The van der Waals surface area contributed by atoms with Crippen LogP contribution in [-0.2, 0) is 21.3 Å². The number of benzene rings is 1. The first kappa shape index (κ1) is 13.9. The molecule has 0 fully saturated rings. The average Bonchev–Trinajstić information content (AvgIpc) is 2.62. The summed E-state index contributed by atoms with van der Waals surface area (Å²) in [6.07, 6.45) is 0. The highest BCUT2D eigenvalue weighted by Gasteiger charge is 2.14. The van der Waals surface area contributed by atoms with Gasteiger partial charge in [-0.05, 0) is 29.8 Å². The fourth-order valence-corrected chi connectivity index (χ4v) is 4.77. The van der Waals surface area contributed by atoms with Gasteiger partial charge in [0.15, 0.2) is 9.84 Å². The van der Waals surface area contributed by atoms with Gasteiger partial charge in [-0.15, -0.1) is 11.3 Å². The zero-order chi connectivity index (χ0) is 13.2. The van der Waals surface area contributed by atoms with Crippen LogP contribution in [0.2, 0.25) is 9.36 Å². The highest BCUT2D eigenvalue weighted by Crippen LogP contribution is 2.24. The van der Waals surface area contributed by atoms with E-state index in [-0.39, 0.29) is 11.5 Å². The lowest BCUT2D eigenvalue weighted by Crippen LogP contribution is -2.06. The molecular formula is C12H10Cl2O2S2. The minimum atomic E-state index is -3.20. The summed E-state index contributed by atoms with van der Waals surface area (Å²) in [5, 5.41) is 0.543. The molecule has 0 saturated heterocycles. The molecule has 0 aliphatic heterocycles. The smallest absolute Gasteiger partial charge is 0.159 e. The minimum absolute atomic E-state index is 0.0108. The van der Waals surface area contributed by atoms with Crippen molar-refractivity contribution in [1.82, 2.24) is 0 Å². The molecular weight excluding hydrogens is 311 g/mol. The molecule has 18 heavy (non-hydrogen) atoms. The van der Waals surface area contributed by atoms with Gasteiger partial charge in [0, 0.05) is 9.90 Å². The molecule has 1 aromatic carbocycles. The third kappa shape index (κ3) is 3.99. The first-order chi connectivity index (χ1) is 8.44. The van der Waals surface area contributed by atoms with Crippen molar-refractivity contribution in [2.24, 2.45) is 0 Å². The molecule has 1 heterocycles. The normalized spacial score (nSPS) is 11.7. The van der Waals surface area contributed by atoms with Crippen molar-refractivity contribution in [3.05, 3.63) is 56.2 Å². The van der Waals surface area contributed by atoms with Crippen LogP contribution in [0.5, 0.6) is 0 Å². The van der Waals surface area contributed by atoms with Gasteiger partial charge in [-0.3, -0.25) is 0 Å². The van der Waals surface area contributed by atoms with E-state index >= 15 is 0 Å². The monoisotopic (exact) mass is 320 g/mol. The maximum absolute atomic E-state index is 12.0. The van der Waals surface area contributed by atoms with E-state index in [0.717, 1.165) is 4.88 Å². The number of hydrogen-bond donors (Lipinski definition) is 0. The molecule has 0 amide bonds. The van der Waals surface area contributed by atoms with Gasteiger partial charge in [0.1, 0.15) is 0 Å². The molecule has 2 nitrogen and oxygen atoms in total. The molecule has 96 valence electrons. The van der Waals surface area contributed by atoms with Gasteiger partial charge in [-0.2, -0.15) is 0 Å². The largest absolute Gasteiger partial charge is 0.228 e. The van der Waals surface area contributed by atoms with Crippen molar-refractivity contribution in [1.29, 1.82) is 0 Å². The fraction of sp³-hybridized carbons (Fsp3) is 0.167. The topological polar surface area (TPSA) is 34.1 Å². The summed E-state index contributed by atoms with van der Waals surface area (Å²) in [5.41, 5.74) is 0.699. The van der Waals surface area contributed by atoms with Crippen molar-refractivity contribution < 1.29 is 8.42 Å². The summed E-state index contributed by atoms with van der Waals surface area (Å²) in [6.45, 7) is 0. The number of rotatable bonds is 4. The molecule has 0 aliphatic rings. The Labute approximate surface area is 120 Å². The third-order valence-electron chi connectivity index (χ3n) is 2.27. The Morgan fingerprint density at radius 1 is 1.06 bits per heavy atom.